The molecule has 0 aromatic carbocycles. The minimum absolute atomic E-state index is 0.0215. The lowest BCUT2D eigenvalue weighted by molar-refractivity contribution is 0.0925. The molecule has 1 aliphatic carbocycles. The molecule has 5 heteroatoms. The monoisotopic (exact) mass is 295 g/mol. The van der Waals surface area contributed by atoms with E-state index in [2.05, 4.69) is 24.1 Å². The Labute approximate surface area is 125 Å². The molecule has 2 rings (SSSR count). The van der Waals surface area contributed by atoms with E-state index in [0.717, 1.165) is 12.2 Å². The van der Waals surface area contributed by atoms with Crippen molar-refractivity contribution in [3.63, 3.8) is 0 Å². The number of nitrogens with zero attached hydrogens (tertiary/aromatic N) is 1. The van der Waals surface area contributed by atoms with E-state index in [1.54, 1.807) is 0 Å². The summed E-state index contributed by atoms with van der Waals surface area (Å²) < 4.78 is 0. The lowest BCUT2D eigenvalue weighted by atomic mass is 9.78. The van der Waals surface area contributed by atoms with E-state index in [0.29, 0.717) is 21.3 Å². The standard InChI is InChI=1S/C15H25N3OS/c1-10(2)8-15(6-4-5-7-15)9-17-13(19)12-11(3)18-14(16)20-12/h10H,4-9H2,1-3H3,(H2,16,18)(H,17,19). The molecule has 0 saturated heterocycles. The average molecular weight is 295 g/mol. The molecule has 1 aromatic heterocycles. The number of hydrogen-bond acceptors (Lipinski definition) is 4. The number of nitrogen functional groups attached to an aromatic ring is 1. The van der Waals surface area contributed by atoms with Crippen LogP contribution in [0.3, 0.4) is 0 Å². The van der Waals surface area contributed by atoms with Gasteiger partial charge in [0.1, 0.15) is 4.88 Å². The molecule has 1 saturated carbocycles. The number of nitrogens with one attached hydrogen (secondary N) is 1. The highest BCUT2D eigenvalue weighted by molar-refractivity contribution is 7.17. The first kappa shape index (κ1) is 15.3. The molecule has 1 fully saturated rings. The Hall–Kier alpha value is -1.10. The van der Waals surface area contributed by atoms with Gasteiger partial charge in [0.25, 0.3) is 5.91 Å². The number of carbonyl (C=O) groups is 1. The van der Waals surface area contributed by atoms with Crippen molar-refractivity contribution in [1.82, 2.24) is 10.3 Å². The summed E-state index contributed by atoms with van der Waals surface area (Å²) in [5.74, 6) is 0.650. The van der Waals surface area contributed by atoms with Gasteiger partial charge in [-0.15, -0.1) is 0 Å². The van der Waals surface area contributed by atoms with Crippen molar-refractivity contribution in [1.29, 1.82) is 0 Å². The smallest absolute Gasteiger partial charge is 0.263 e. The molecule has 3 N–H and O–H groups in total. The number of anilines is 1. The number of aryl methyl sites for hydroxylation is 1. The van der Waals surface area contributed by atoms with Crippen molar-refractivity contribution in [2.45, 2.75) is 52.9 Å². The summed E-state index contributed by atoms with van der Waals surface area (Å²) in [6.45, 7) is 7.13. The van der Waals surface area contributed by atoms with Gasteiger partial charge in [-0.1, -0.05) is 38.0 Å². The van der Waals surface area contributed by atoms with Gasteiger partial charge in [0, 0.05) is 6.54 Å². The number of aromatic nitrogens is 1. The Morgan fingerprint density at radius 2 is 2.10 bits per heavy atom. The van der Waals surface area contributed by atoms with Gasteiger partial charge in [0.15, 0.2) is 5.13 Å². The molecule has 0 spiro atoms. The van der Waals surface area contributed by atoms with Gasteiger partial charge < -0.3 is 11.1 Å². The molecule has 0 radical (unpaired) electrons. The van der Waals surface area contributed by atoms with Crippen LogP contribution < -0.4 is 11.1 Å². The van der Waals surface area contributed by atoms with Crippen LogP contribution in [-0.4, -0.2) is 17.4 Å². The summed E-state index contributed by atoms with van der Waals surface area (Å²) in [6, 6.07) is 0. The largest absolute Gasteiger partial charge is 0.375 e. The minimum Gasteiger partial charge on any atom is -0.375 e. The van der Waals surface area contributed by atoms with Crippen molar-refractivity contribution in [2.75, 3.05) is 12.3 Å². The van der Waals surface area contributed by atoms with Crippen LogP contribution in [0.4, 0.5) is 5.13 Å². The third kappa shape index (κ3) is 3.51. The first-order valence-corrected chi connectivity index (χ1v) is 8.25. The molecule has 0 bridgehead atoms. The van der Waals surface area contributed by atoms with Gasteiger partial charge in [-0.25, -0.2) is 4.98 Å². The van der Waals surface area contributed by atoms with Crippen molar-refractivity contribution in [3.05, 3.63) is 10.6 Å². The molecule has 20 heavy (non-hydrogen) atoms. The fourth-order valence-corrected chi connectivity index (χ4v) is 4.17. The molecule has 4 nitrogen and oxygen atoms in total. The maximum Gasteiger partial charge on any atom is 0.263 e. The zero-order valence-electron chi connectivity index (χ0n) is 12.7. The van der Waals surface area contributed by atoms with Crippen LogP contribution >= 0.6 is 11.3 Å². The molecule has 0 unspecified atom stereocenters. The lowest BCUT2D eigenvalue weighted by Gasteiger charge is -2.31. The summed E-state index contributed by atoms with van der Waals surface area (Å²) in [5.41, 5.74) is 6.69. The summed E-state index contributed by atoms with van der Waals surface area (Å²) in [4.78, 5) is 17.0. The second-order valence-corrected chi connectivity index (χ2v) is 7.49. The van der Waals surface area contributed by atoms with E-state index < -0.39 is 0 Å². The van der Waals surface area contributed by atoms with Crippen molar-refractivity contribution < 1.29 is 4.79 Å². The molecular formula is C15H25N3OS. The Morgan fingerprint density at radius 3 is 2.60 bits per heavy atom. The Kier molecular flexibility index (Phi) is 4.68. The number of carbonyl (C=O) groups excluding carboxylic acids is 1. The van der Waals surface area contributed by atoms with Crippen LogP contribution in [0.5, 0.6) is 0 Å². The third-order valence-corrected chi connectivity index (χ3v) is 5.13. The van der Waals surface area contributed by atoms with Gasteiger partial charge in [-0.2, -0.15) is 0 Å². The predicted octanol–water partition coefficient (Wildman–Crippen LogP) is 3.37. The van der Waals surface area contributed by atoms with E-state index in [1.807, 2.05) is 6.92 Å². The molecule has 112 valence electrons. The highest BCUT2D eigenvalue weighted by atomic mass is 32.1. The van der Waals surface area contributed by atoms with Crippen LogP contribution in [0, 0.1) is 18.3 Å². The average Bonchev–Trinajstić information content (AvgIpc) is 2.93. The van der Waals surface area contributed by atoms with Crippen LogP contribution in [0.1, 0.15) is 61.3 Å². The second kappa shape index (κ2) is 6.12. The summed E-state index contributed by atoms with van der Waals surface area (Å²) >= 11 is 1.27. The Bertz CT molecular complexity index is 475. The molecule has 1 aromatic rings. The number of amides is 1. The maximum atomic E-state index is 12.3. The van der Waals surface area contributed by atoms with Gasteiger partial charge in [-0.05, 0) is 37.5 Å². The van der Waals surface area contributed by atoms with Gasteiger partial charge >= 0.3 is 0 Å². The Morgan fingerprint density at radius 1 is 1.45 bits per heavy atom. The third-order valence-electron chi connectivity index (χ3n) is 4.15. The van der Waals surface area contributed by atoms with Crippen molar-refractivity contribution in [3.8, 4) is 0 Å². The van der Waals surface area contributed by atoms with Crippen LogP contribution in [0.15, 0.2) is 0 Å². The molecule has 1 aliphatic rings. The fourth-order valence-electron chi connectivity index (χ4n) is 3.42. The normalized spacial score (nSPS) is 17.6. The fraction of sp³-hybridized carbons (Fsp3) is 0.733. The number of hydrogen-bond donors (Lipinski definition) is 2. The van der Waals surface area contributed by atoms with Crippen molar-refractivity contribution >= 4 is 22.4 Å². The summed E-state index contributed by atoms with van der Waals surface area (Å²) in [7, 11) is 0. The zero-order chi connectivity index (χ0) is 14.8. The molecular weight excluding hydrogens is 270 g/mol. The first-order chi connectivity index (χ1) is 9.42. The minimum atomic E-state index is -0.0215. The van der Waals surface area contributed by atoms with Gasteiger partial charge in [0.05, 0.1) is 5.69 Å². The predicted molar refractivity (Wildman–Crippen MR) is 84.0 cm³/mol. The molecule has 1 amide bonds. The van der Waals surface area contributed by atoms with Gasteiger partial charge in [-0.3, -0.25) is 4.79 Å². The number of rotatable bonds is 5. The maximum absolute atomic E-state index is 12.3. The Balaban J connectivity index is 1.99. The second-order valence-electron chi connectivity index (χ2n) is 6.45. The number of nitrogens with two attached hydrogens (primary N) is 1. The lowest BCUT2D eigenvalue weighted by Crippen LogP contribution is -2.36. The van der Waals surface area contributed by atoms with Gasteiger partial charge in [0.2, 0.25) is 0 Å². The molecule has 1 heterocycles. The molecule has 0 aliphatic heterocycles. The zero-order valence-corrected chi connectivity index (χ0v) is 13.5. The van der Waals surface area contributed by atoms with Crippen LogP contribution in [0.25, 0.3) is 0 Å². The van der Waals surface area contributed by atoms with Crippen LogP contribution in [0.2, 0.25) is 0 Å². The SMILES string of the molecule is Cc1nc(N)sc1C(=O)NCC1(CC(C)C)CCCC1. The summed E-state index contributed by atoms with van der Waals surface area (Å²) in [6.07, 6.45) is 6.23. The van der Waals surface area contributed by atoms with E-state index in [9.17, 15) is 4.79 Å². The highest BCUT2D eigenvalue weighted by Gasteiger charge is 2.34. The first-order valence-electron chi connectivity index (χ1n) is 7.43. The van der Waals surface area contributed by atoms with E-state index >= 15 is 0 Å². The van der Waals surface area contributed by atoms with E-state index in [4.69, 9.17) is 5.73 Å². The van der Waals surface area contributed by atoms with Crippen LogP contribution in [-0.2, 0) is 0 Å². The van der Waals surface area contributed by atoms with E-state index in [-0.39, 0.29) is 5.91 Å². The highest BCUT2D eigenvalue weighted by Crippen LogP contribution is 2.42. The molecule has 0 atom stereocenters. The topological polar surface area (TPSA) is 68.0 Å². The van der Waals surface area contributed by atoms with E-state index in [1.165, 1.54) is 43.4 Å². The quantitative estimate of drug-likeness (QED) is 0.875. The summed E-state index contributed by atoms with van der Waals surface area (Å²) in [5, 5.41) is 3.58. The van der Waals surface area contributed by atoms with Crippen molar-refractivity contribution in [2.24, 2.45) is 11.3 Å². The number of thiazole rings is 1.